The molecule has 0 radical (unpaired) electrons. The molecule has 29 heavy (non-hydrogen) atoms. The van der Waals surface area contributed by atoms with Crippen LogP contribution in [-0.2, 0) is 27.3 Å². The van der Waals surface area contributed by atoms with E-state index in [0.29, 0.717) is 24.7 Å². The number of nitrogens with zero attached hydrogens (tertiary/aromatic N) is 2. The van der Waals surface area contributed by atoms with Crippen LogP contribution in [0, 0.1) is 5.92 Å². The summed E-state index contributed by atoms with van der Waals surface area (Å²) >= 11 is 0. The number of carbonyl (C=O) groups excluding carboxylic acids is 2. The second kappa shape index (κ2) is 10.7. The minimum Gasteiger partial charge on any atom is -0.453 e. The lowest BCUT2D eigenvalue weighted by Gasteiger charge is -2.15. The summed E-state index contributed by atoms with van der Waals surface area (Å²) in [6, 6.07) is 7.50. The number of hydrogen-bond donors (Lipinski definition) is 1. The van der Waals surface area contributed by atoms with E-state index in [1.54, 1.807) is 11.5 Å². The Labute approximate surface area is 171 Å². The van der Waals surface area contributed by atoms with Gasteiger partial charge in [0, 0.05) is 19.5 Å². The molecular weight excluding hydrogens is 370 g/mol. The molecule has 0 aliphatic rings. The summed E-state index contributed by atoms with van der Waals surface area (Å²) in [5.41, 5.74) is 1.70. The third kappa shape index (κ3) is 6.41. The first-order valence-corrected chi connectivity index (χ1v) is 10.3. The molecule has 0 saturated heterocycles. The van der Waals surface area contributed by atoms with Gasteiger partial charge in [-0.15, -0.1) is 0 Å². The Balaban J connectivity index is 2.06. The second-order valence-corrected chi connectivity index (χ2v) is 7.63. The fraction of sp³-hybridized carbons (Fsp3) is 0.545. The van der Waals surface area contributed by atoms with Gasteiger partial charge < -0.3 is 14.6 Å². The highest BCUT2D eigenvalue weighted by atomic mass is 16.5. The van der Waals surface area contributed by atoms with Crippen molar-refractivity contribution in [2.75, 3.05) is 6.54 Å². The van der Waals surface area contributed by atoms with Crippen molar-refractivity contribution in [2.24, 2.45) is 5.92 Å². The number of carbonyl (C=O) groups is 2. The minimum atomic E-state index is -0.868. The van der Waals surface area contributed by atoms with Gasteiger partial charge in [0.1, 0.15) is 5.69 Å². The molecule has 0 unspecified atom stereocenters. The molecule has 0 saturated carbocycles. The van der Waals surface area contributed by atoms with Gasteiger partial charge >= 0.3 is 5.97 Å². The summed E-state index contributed by atoms with van der Waals surface area (Å²) in [5.74, 6) is -0.528. The number of fused-ring (bicyclic) bond motifs is 1. The highest BCUT2D eigenvalue weighted by molar-refractivity contribution is 5.83. The van der Waals surface area contributed by atoms with Gasteiger partial charge in [-0.25, -0.2) is 4.98 Å². The van der Waals surface area contributed by atoms with Crippen LogP contribution in [0.1, 0.15) is 52.7 Å². The van der Waals surface area contributed by atoms with Crippen molar-refractivity contribution in [1.29, 1.82) is 0 Å². The van der Waals surface area contributed by atoms with Crippen molar-refractivity contribution in [3.8, 4) is 0 Å². The van der Waals surface area contributed by atoms with Crippen LogP contribution >= 0.6 is 0 Å². The Morgan fingerprint density at radius 1 is 1.21 bits per heavy atom. The summed E-state index contributed by atoms with van der Waals surface area (Å²) in [4.78, 5) is 41.4. The average Bonchev–Trinajstić information content (AvgIpc) is 2.69. The number of aryl methyl sites for hydroxylation is 2. The van der Waals surface area contributed by atoms with Gasteiger partial charge in [-0.1, -0.05) is 39.3 Å². The quantitative estimate of drug-likeness (QED) is 0.618. The van der Waals surface area contributed by atoms with Crippen LogP contribution in [-0.4, -0.2) is 34.1 Å². The van der Waals surface area contributed by atoms with E-state index in [4.69, 9.17) is 4.74 Å². The lowest BCUT2D eigenvalue weighted by molar-refractivity contribution is -0.154. The number of unbranched alkanes of at least 4 members (excludes halogenated alkanes) is 1. The summed E-state index contributed by atoms with van der Waals surface area (Å²) in [6.07, 6.45) is 1.16. The highest BCUT2D eigenvalue weighted by Crippen LogP contribution is 2.12. The van der Waals surface area contributed by atoms with E-state index in [9.17, 15) is 14.4 Å². The number of benzene rings is 1. The molecule has 7 nitrogen and oxygen atoms in total. The molecular formula is C22H31N3O4. The van der Waals surface area contributed by atoms with Gasteiger partial charge in [0.25, 0.3) is 11.5 Å². The van der Waals surface area contributed by atoms with Crippen LogP contribution < -0.4 is 10.9 Å². The molecule has 1 atom stereocenters. The molecule has 0 spiro atoms. The predicted molar refractivity (Wildman–Crippen MR) is 113 cm³/mol. The Hall–Kier alpha value is -2.70. The van der Waals surface area contributed by atoms with Gasteiger partial charge in [-0.3, -0.25) is 14.4 Å². The number of nitrogens with one attached hydrogen (secondary N) is 1. The van der Waals surface area contributed by atoms with Crippen molar-refractivity contribution in [1.82, 2.24) is 14.9 Å². The molecule has 0 bridgehead atoms. The number of rotatable bonds is 10. The molecule has 0 aliphatic heterocycles. The van der Waals surface area contributed by atoms with Crippen molar-refractivity contribution >= 4 is 22.9 Å². The Bertz CT molecular complexity index is 905. The van der Waals surface area contributed by atoms with Gasteiger partial charge in [0.2, 0.25) is 0 Å². The maximum absolute atomic E-state index is 12.9. The van der Waals surface area contributed by atoms with Crippen molar-refractivity contribution in [2.45, 2.75) is 66.0 Å². The van der Waals surface area contributed by atoms with Crippen LogP contribution in [0.5, 0.6) is 0 Å². The Morgan fingerprint density at radius 3 is 2.62 bits per heavy atom. The topological polar surface area (TPSA) is 90.3 Å². The number of hydrogen-bond acceptors (Lipinski definition) is 5. The van der Waals surface area contributed by atoms with Crippen LogP contribution in [0.2, 0.25) is 0 Å². The minimum absolute atomic E-state index is 0.00381. The number of ether oxygens (including phenoxy) is 1. The van der Waals surface area contributed by atoms with E-state index >= 15 is 0 Å². The third-order valence-corrected chi connectivity index (χ3v) is 4.58. The maximum Gasteiger partial charge on any atom is 0.306 e. The van der Waals surface area contributed by atoms with E-state index in [2.05, 4.69) is 17.2 Å². The average molecular weight is 402 g/mol. The molecule has 158 valence electrons. The van der Waals surface area contributed by atoms with E-state index in [0.717, 1.165) is 23.9 Å². The number of aromatic nitrogens is 2. The standard InChI is InChI=1S/C22H31N3O4/c1-5-6-13-25-19-10-8-7-9-17(19)24-18(22(25)28)11-12-20(26)29-16(4)21(27)23-14-15(2)3/h7-10,15-16H,5-6,11-14H2,1-4H3,(H,23,27)/t16-/m1/s1. The number of amides is 1. The number of esters is 1. The predicted octanol–water partition coefficient (Wildman–Crippen LogP) is 2.83. The second-order valence-electron chi connectivity index (χ2n) is 7.63. The first-order chi connectivity index (χ1) is 13.8. The number of para-hydroxylation sites is 2. The third-order valence-electron chi connectivity index (χ3n) is 4.58. The molecule has 1 N–H and O–H groups in total. The zero-order valence-corrected chi connectivity index (χ0v) is 17.7. The van der Waals surface area contributed by atoms with Crippen LogP contribution in [0.3, 0.4) is 0 Å². The molecule has 1 aromatic carbocycles. The summed E-state index contributed by atoms with van der Waals surface area (Å²) < 4.78 is 6.93. The Morgan fingerprint density at radius 2 is 1.93 bits per heavy atom. The molecule has 1 amide bonds. The molecule has 2 rings (SSSR count). The van der Waals surface area contributed by atoms with E-state index in [-0.39, 0.29) is 24.3 Å². The van der Waals surface area contributed by atoms with Gasteiger partial charge in [-0.05, 0) is 31.4 Å². The molecule has 0 aliphatic carbocycles. The summed E-state index contributed by atoms with van der Waals surface area (Å²) in [5, 5.41) is 2.74. The van der Waals surface area contributed by atoms with Crippen LogP contribution in [0.4, 0.5) is 0 Å². The SMILES string of the molecule is CCCCn1c(=O)c(CCC(=O)O[C@H](C)C(=O)NCC(C)C)nc2ccccc21. The fourth-order valence-corrected chi connectivity index (χ4v) is 2.92. The Kier molecular flexibility index (Phi) is 8.36. The van der Waals surface area contributed by atoms with Crippen molar-refractivity contribution in [3.05, 3.63) is 40.3 Å². The first-order valence-electron chi connectivity index (χ1n) is 10.3. The van der Waals surface area contributed by atoms with Gasteiger partial charge in [0.05, 0.1) is 17.5 Å². The van der Waals surface area contributed by atoms with E-state index in [1.165, 1.54) is 0 Å². The monoisotopic (exact) mass is 401 g/mol. The lowest BCUT2D eigenvalue weighted by Crippen LogP contribution is -2.37. The van der Waals surface area contributed by atoms with Crippen LogP contribution in [0.15, 0.2) is 29.1 Å². The summed E-state index contributed by atoms with van der Waals surface area (Å²) in [7, 11) is 0. The normalized spacial score (nSPS) is 12.2. The molecule has 0 fully saturated rings. The first kappa shape index (κ1) is 22.6. The van der Waals surface area contributed by atoms with Gasteiger partial charge in [-0.2, -0.15) is 0 Å². The van der Waals surface area contributed by atoms with Gasteiger partial charge in [0.15, 0.2) is 6.10 Å². The molecule has 2 aromatic rings. The van der Waals surface area contributed by atoms with Crippen LogP contribution in [0.25, 0.3) is 11.0 Å². The van der Waals surface area contributed by atoms with Crippen molar-refractivity contribution in [3.63, 3.8) is 0 Å². The van der Waals surface area contributed by atoms with E-state index in [1.807, 2.05) is 38.1 Å². The maximum atomic E-state index is 12.9. The smallest absolute Gasteiger partial charge is 0.306 e. The fourth-order valence-electron chi connectivity index (χ4n) is 2.92. The molecule has 7 heteroatoms. The zero-order chi connectivity index (χ0) is 21.4. The van der Waals surface area contributed by atoms with E-state index < -0.39 is 12.1 Å². The highest BCUT2D eigenvalue weighted by Gasteiger charge is 2.19. The van der Waals surface area contributed by atoms with Crippen molar-refractivity contribution < 1.29 is 14.3 Å². The zero-order valence-electron chi connectivity index (χ0n) is 17.7. The molecule has 1 aromatic heterocycles. The largest absolute Gasteiger partial charge is 0.453 e. The lowest BCUT2D eigenvalue weighted by atomic mass is 10.2. The molecule has 1 heterocycles. The summed E-state index contributed by atoms with van der Waals surface area (Å²) in [6.45, 7) is 8.73.